The summed E-state index contributed by atoms with van der Waals surface area (Å²) in [5.41, 5.74) is 2.49. The summed E-state index contributed by atoms with van der Waals surface area (Å²) in [6, 6.07) is 13.0. The monoisotopic (exact) mass is 479 g/mol. The Hall–Kier alpha value is -3.39. The molecule has 2 aliphatic rings. The first-order valence-corrected chi connectivity index (χ1v) is 12.3. The summed E-state index contributed by atoms with van der Waals surface area (Å²) in [6.45, 7) is 5.87. The van der Waals surface area contributed by atoms with E-state index in [4.69, 9.17) is 9.47 Å². The summed E-state index contributed by atoms with van der Waals surface area (Å²) in [7, 11) is 0. The van der Waals surface area contributed by atoms with Crippen molar-refractivity contribution in [1.29, 1.82) is 0 Å². The van der Waals surface area contributed by atoms with E-state index >= 15 is 0 Å². The summed E-state index contributed by atoms with van der Waals surface area (Å²) in [5, 5.41) is 3.00. The average Bonchev–Trinajstić information content (AvgIpc) is 3.12. The SMILES string of the molecule is CCc1ccccc1NC(=O)CN1CCN(C(=O)CCC(=O)c2ccc3c(c2)OCCCO3)CC1. The Morgan fingerprint density at radius 3 is 2.43 bits per heavy atom. The molecule has 2 amide bonds. The molecule has 186 valence electrons. The fourth-order valence-corrected chi connectivity index (χ4v) is 4.36. The zero-order valence-corrected chi connectivity index (χ0v) is 20.3. The van der Waals surface area contributed by atoms with E-state index in [-0.39, 0.29) is 30.4 Å². The van der Waals surface area contributed by atoms with Gasteiger partial charge in [0.2, 0.25) is 11.8 Å². The molecule has 35 heavy (non-hydrogen) atoms. The Bertz CT molecular complexity index is 1060. The van der Waals surface area contributed by atoms with Crippen LogP contribution in [0.1, 0.15) is 42.1 Å². The molecule has 4 rings (SSSR count). The molecule has 0 aromatic heterocycles. The topological polar surface area (TPSA) is 88.2 Å². The number of anilines is 1. The van der Waals surface area contributed by atoms with E-state index in [1.165, 1.54) is 0 Å². The zero-order valence-electron chi connectivity index (χ0n) is 20.3. The van der Waals surface area contributed by atoms with Crippen molar-refractivity contribution < 1.29 is 23.9 Å². The van der Waals surface area contributed by atoms with Gasteiger partial charge in [-0.3, -0.25) is 19.3 Å². The third-order valence-corrected chi connectivity index (χ3v) is 6.40. The molecule has 0 bridgehead atoms. The lowest BCUT2D eigenvalue weighted by molar-refractivity contribution is -0.133. The van der Waals surface area contributed by atoms with E-state index < -0.39 is 0 Å². The molecule has 0 aliphatic carbocycles. The maximum absolute atomic E-state index is 12.7. The van der Waals surface area contributed by atoms with Crippen molar-refractivity contribution in [3.8, 4) is 11.5 Å². The molecule has 1 fully saturated rings. The van der Waals surface area contributed by atoms with Crippen molar-refractivity contribution >= 4 is 23.3 Å². The van der Waals surface area contributed by atoms with Crippen LogP contribution in [0, 0.1) is 0 Å². The third-order valence-electron chi connectivity index (χ3n) is 6.40. The number of benzene rings is 2. The highest BCUT2D eigenvalue weighted by Gasteiger charge is 2.23. The number of amides is 2. The fraction of sp³-hybridized carbons (Fsp3) is 0.444. The molecule has 0 unspecified atom stereocenters. The number of carbonyl (C=O) groups excluding carboxylic acids is 3. The van der Waals surface area contributed by atoms with Crippen molar-refractivity contribution in [3.63, 3.8) is 0 Å². The van der Waals surface area contributed by atoms with Crippen LogP contribution >= 0.6 is 0 Å². The van der Waals surface area contributed by atoms with Gasteiger partial charge in [0, 0.05) is 56.7 Å². The quantitative estimate of drug-likeness (QED) is 0.586. The van der Waals surface area contributed by atoms with E-state index in [2.05, 4.69) is 17.1 Å². The molecule has 1 N–H and O–H groups in total. The third kappa shape index (κ3) is 6.60. The molecular weight excluding hydrogens is 446 g/mol. The van der Waals surface area contributed by atoms with Crippen molar-refractivity contribution in [3.05, 3.63) is 53.6 Å². The van der Waals surface area contributed by atoms with E-state index in [0.717, 1.165) is 24.1 Å². The molecule has 2 heterocycles. The number of aryl methyl sites for hydroxylation is 1. The second-order valence-electron chi connectivity index (χ2n) is 8.85. The lowest BCUT2D eigenvalue weighted by Crippen LogP contribution is -2.50. The van der Waals surface area contributed by atoms with Crippen LogP contribution in [-0.2, 0) is 16.0 Å². The second-order valence-corrected chi connectivity index (χ2v) is 8.85. The first-order chi connectivity index (χ1) is 17.0. The summed E-state index contributed by atoms with van der Waals surface area (Å²) in [6.07, 6.45) is 1.98. The highest BCUT2D eigenvalue weighted by molar-refractivity contribution is 5.98. The van der Waals surface area contributed by atoms with Gasteiger partial charge in [-0.2, -0.15) is 0 Å². The average molecular weight is 480 g/mol. The van der Waals surface area contributed by atoms with E-state index in [9.17, 15) is 14.4 Å². The predicted octanol–water partition coefficient (Wildman–Crippen LogP) is 3.16. The molecule has 2 aromatic rings. The first-order valence-electron chi connectivity index (χ1n) is 12.3. The van der Waals surface area contributed by atoms with Crippen molar-refractivity contribution in [1.82, 2.24) is 9.80 Å². The second kappa shape index (κ2) is 11.8. The summed E-state index contributed by atoms with van der Waals surface area (Å²) in [4.78, 5) is 41.7. The number of ether oxygens (including phenoxy) is 2. The summed E-state index contributed by atoms with van der Waals surface area (Å²) in [5.74, 6) is 1.06. The van der Waals surface area contributed by atoms with Crippen LogP contribution < -0.4 is 14.8 Å². The molecule has 8 heteroatoms. The Kier molecular flexibility index (Phi) is 8.36. The van der Waals surface area contributed by atoms with Gasteiger partial charge in [0.05, 0.1) is 19.8 Å². The van der Waals surface area contributed by atoms with Crippen LogP contribution in [0.5, 0.6) is 11.5 Å². The molecule has 1 saturated heterocycles. The Morgan fingerprint density at radius 1 is 0.914 bits per heavy atom. The van der Waals surface area contributed by atoms with Crippen LogP contribution in [0.2, 0.25) is 0 Å². The first kappa shape index (κ1) is 24.7. The standard InChI is InChI=1S/C27H33N3O5/c1-2-20-6-3-4-7-22(20)28-26(32)19-29-12-14-30(15-13-29)27(33)11-9-23(31)21-8-10-24-25(18-21)35-17-5-16-34-24/h3-4,6-8,10,18H,2,5,9,11-17,19H2,1H3,(H,28,32). The maximum Gasteiger partial charge on any atom is 0.238 e. The Morgan fingerprint density at radius 2 is 1.66 bits per heavy atom. The van der Waals surface area contributed by atoms with Crippen LogP contribution in [0.25, 0.3) is 0 Å². The largest absolute Gasteiger partial charge is 0.490 e. The smallest absolute Gasteiger partial charge is 0.238 e. The normalized spacial score (nSPS) is 15.9. The molecular formula is C27H33N3O5. The highest BCUT2D eigenvalue weighted by Crippen LogP contribution is 2.31. The minimum atomic E-state index is -0.0864. The minimum absolute atomic E-state index is 0.0336. The molecule has 2 aromatic carbocycles. The van der Waals surface area contributed by atoms with Gasteiger partial charge in [-0.25, -0.2) is 0 Å². The summed E-state index contributed by atoms with van der Waals surface area (Å²) >= 11 is 0. The number of hydrogen-bond acceptors (Lipinski definition) is 6. The number of hydrogen-bond donors (Lipinski definition) is 1. The van der Waals surface area contributed by atoms with Gasteiger partial charge in [-0.15, -0.1) is 0 Å². The fourth-order valence-electron chi connectivity index (χ4n) is 4.36. The Labute approximate surface area is 206 Å². The van der Waals surface area contributed by atoms with Gasteiger partial charge in [0.1, 0.15) is 0 Å². The lowest BCUT2D eigenvalue weighted by Gasteiger charge is -2.34. The van der Waals surface area contributed by atoms with Gasteiger partial charge < -0.3 is 19.7 Å². The van der Waals surface area contributed by atoms with E-state index in [1.54, 1.807) is 23.1 Å². The number of piperazine rings is 1. The number of rotatable bonds is 8. The maximum atomic E-state index is 12.7. The lowest BCUT2D eigenvalue weighted by atomic mass is 10.1. The van der Waals surface area contributed by atoms with Crippen LogP contribution in [0.15, 0.2) is 42.5 Å². The van der Waals surface area contributed by atoms with Gasteiger partial charge in [0.25, 0.3) is 0 Å². The van der Waals surface area contributed by atoms with Crippen LogP contribution in [-0.4, -0.2) is 73.3 Å². The van der Waals surface area contributed by atoms with Crippen molar-refractivity contribution in [2.45, 2.75) is 32.6 Å². The van der Waals surface area contributed by atoms with Crippen molar-refractivity contribution in [2.24, 2.45) is 0 Å². The molecule has 8 nitrogen and oxygen atoms in total. The predicted molar refractivity (Wildman–Crippen MR) is 133 cm³/mol. The number of nitrogens with zero attached hydrogens (tertiary/aromatic N) is 2. The Balaban J connectivity index is 1.20. The van der Waals surface area contributed by atoms with Gasteiger partial charge in [-0.05, 0) is 36.2 Å². The molecule has 0 radical (unpaired) electrons. The highest BCUT2D eigenvalue weighted by atomic mass is 16.5. The number of carbonyl (C=O) groups is 3. The minimum Gasteiger partial charge on any atom is -0.490 e. The molecule has 0 spiro atoms. The number of para-hydroxylation sites is 1. The number of fused-ring (bicyclic) bond motifs is 1. The number of nitrogens with one attached hydrogen (secondary N) is 1. The number of Topliss-reactive ketones (excluding diaryl/α,β-unsaturated/α-hetero) is 1. The van der Waals surface area contributed by atoms with Gasteiger partial charge in [-0.1, -0.05) is 25.1 Å². The molecule has 0 saturated carbocycles. The number of ketones is 1. The summed E-state index contributed by atoms with van der Waals surface area (Å²) < 4.78 is 11.3. The molecule has 2 aliphatic heterocycles. The molecule has 0 atom stereocenters. The van der Waals surface area contributed by atoms with Gasteiger partial charge >= 0.3 is 0 Å². The van der Waals surface area contributed by atoms with Crippen LogP contribution in [0.3, 0.4) is 0 Å². The van der Waals surface area contributed by atoms with Crippen molar-refractivity contribution in [2.75, 3.05) is 51.3 Å². The van der Waals surface area contributed by atoms with E-state index in [1.807, 2.05) is 24.3 Å². The van der Waals surface area contributed by atoms with E-state index in [0.29, 0.717) is 63.0 Å². The van der Waals surface area contributed by atoms with Gasteiger partial charge in [0.15, 0.2) is 17.3 Å². The zero-order chi connectivity index (χ0) is 24.6. The van der Waals surface area contributed by atoms with Crippen LogP contribution in [0.4, 0.5) is 5.69 Å².